The number of aromatic nitrogens is 4. The van der Waals surface area contributed by atoms with Crippen molar-refractivity contribution in [2.45, 2.75) is 19.4 Å². The Labute approximate surface area is 98.1 Å². The molecule has 2 aromatic rings. The first kappa shape index (κ1) is 10.1. The van der Waals surface area contributed by atoms with Gasteiger partial charge in [-0.15, -0.1) is 0 Å². The molecule has 1 aliphatic heterocycles. The molecule has 0 saturated heterocycles. The van der Waals surface area contributed by atoms with Gasteiger partial charge in [-0.3, -0.25) is 4.79 Å². The van der Waals surface area contributed by atoms with Gasteiger partial charge in [-0.2, -0.15) is 9.78 Å². The number of rotatable bonds is 1. The fraction of sp³-hybridized carbons (Fsp3) is 0.364. The van der Waals surface area contributed by atoms with Gasteiger partial charge in [0.25, 0.3) is 5.91 Å². The standard InChI is InChI=1S/C11H13N5O/c12-9-1-3-14-16(9)11(17)8-2-5-15-6-4-13-10(15)7-8/h1,3-4,6,8H,2,5,7,12H2. The van der Waals surface area contributed by atoms with Crippen molar-refractivity contribution in [1.82, 2.24) is 19.3 Å². The van der Waals surface area contributed by atoms with Gasteiger partial charge in [-0.25, -0.2) is 4.98 Å². The second-order valence-electron chi connectivity index (χ2n) is 4.23. The lowest BCUT2D eigenvalue weighted by Gasteiger charge is -2.22. The second kappa shape index (κ2) is 3.73. The van der Waals surface area contributed by atoms with Crippen molar-refractivity contribution < 1.29 is 4.79 Å². The molecule has 0 fully saturated rings. The molecule has 0 saturated carbocycles. The Kier molecular flexibility index (Phi) is 2.21. The average Bonchev–Trinajstić information content (AvgIpc) is 2.95. The summed E-state index contributed by atoms with van der Waals surface area (Å²) in [6.45, 7) is 0.826. The molecule has 0 aliphatic carbocycles. The van der Waals surface area contributed by atoms with Gasteiger partial charge in [0.2, 0.25) is 0 Å². The van der Waals surface area contributed by atoms with Crippen LogP contribution in [-0.4, -0.2) is 25.2 Å². The molecule has 1 atom stereocenters. The number of imidazole rings is 1. The summed E-state index contributed by atoms with van der Waals surface area (Å²) < 4.78 is 3.36. The first-order valence-corrected chi connectivity index (χ1v) is 5.59. The zero-order valence-electron chi connectivity index (χ0n) is 9.28. The maximum Gasteiger partial charge on any atom is 0.252 e. The Balaban J connectivity index is 1.84. The number of fused-ring (bicyclic) bond motifs is 1. The highest BCUT2D eigenvalue weighted by Gasteiger charge is 2.27. The quantitative estimate of drug-likeness (QED) is 0.778. The van der Waals surface area contributed by atoms with E-state index in [1.165, 1.54) is 10.9 Å². The Morgan fingerprint density at radius 3 is 3.12 bits per heavy atom. The fourth-order valence-electron chi connectivity index (χ4n) is 2.23. The number of aryl methyl sites for hydroxylation is 1. The van der Waals surface area contributed by atoms with Gasteiger partial charge in [-0.1, -0.05) is 0 Å². The topological polar surface area (TPSA) is 78.7 Å². The molecule has 88 valence electrons. The molecule has 3 rings (SSSR count). The van der Waals surface area contributed by atoms with E-state index < -0.39 is 0 Å². The van der Waals surface area contributed by atoms with Crippen molar-refractivity contribution in [2.24, 2.45) is 5.92 Å². The molecule has 0 spiro atoms. The van der Waals surface area contributed by atoms with Crippen molar-refractivity contribution in [3.8, 4) is 0 Å². The van der Waals surface area contributed by atoms with Crippen molar-refractivity contribution in [3.63, 3.8) is 0 Å². The minimum atomic E-state index is -0.0768. The molecule has 0 radical (unpaired) electrons. The highest BCUT2D eigenvalue weighted by Crippen LogP contribution is 2.21. The Morgan fingerprint density at radius 2 is 2.35 bits per heavy atom. The van der Waals surface area contributed by atoms with E-state index >= 15 is 0 Å². The maximum atomic E-state index is 12.2. The van der Waals surface area contributed by atoms with E-state index in [2.05, 4.69) is 14.6 Å². The first-order valence-electron chi connectivity index (χ1n) is 5.59. The van der Waals surface area contributed by atoms with Crippen LogP contribution >= 0.6 is 0 Å². The van der Waals surface area contributed by atoms with Crippen molar-refractivity contribution >= 4 is 11.7 Å². The summed E-state index contributed by atoms with van der Waals surface area (Å²) in [5, 5.41) is 3.95. The summed E-state index contributed by atoms with van der Waals surface area (Å²) in [6.07, 6.45) is 6.71. The molecule has 6 nitrogen and oxygen atoms in total. The number of carbonyl (C=O) groups is 1. The van der Waals surface area contributed by atoms with Crippen molar-refractivity contribution in [3.05, 3.63) is 30.5 Å². The second-order valence-corrected chi connectivity index (χ2v) is 4.23. The number of hydrogen-bond acceptors (Lipinski definition) is 4. The Bertz CT molecular complexity index is 556. The summed E-state index contributed by atoms with van der Waals surface area (Å²) in [4.78, 5) is 16.4. The van der Waals surface area contributed by atoms with Crippen LogP contribution in [0.5, 0.6) is 0 Å². The van der Waals surface area contributed by atoms with Gasteiger partial charge in [0, 0.05) is 37.3 Å². The van der Waals surface area contributed by atoms with Gasteiger partial charge in [-0.05, 0) is 6.42 Å². The molecular formula is C11H13N5O. The van der Waals surface area contributed by atoms with E-state index in [0.717, 1.165) is 18.8 Å². The van der Waals surface area contributed by atoms with Crippen LogP contribution in [0.1, 0.15) is 17.0 Å². The zero-order chi connectivity index (χ0) is 11.8. The van der Waals surface area contributed by atoms with E-state index in [9.17, 15) is 4.79 Å². The largest absolute Gasteiger partial charge is 0.383 e. The van der Waals surface area contributed by atoms with E-state index in [-0.39, 0.29) is 11.8 Å². The molecule has 3 heterocycles. The predicted molar refractivity (Wildman–Crippen MR) is 61.3 cm³/mol. The molecular weight excluding hydrogens is 218 g/mol. The molecule has 1 unspecified atom stereocenters. The summed E-state index contributed by atoms with van der Waals surface area (Å²) in [7, 11) is 0. The van der Waals surface area contributed by atoms with Crippen LogP contribution in [0.25, 0.3) is 0 Å². The van der Waals surface area contributed by atoms with Gasteiger partial charge in [0.15, 0.2) is 0 Å². The molecule has 0 bridgehead atoms. The molecule has 0 amide bonds. The number of nitrogen functional groups attached to an aromatic ring is 1. The summed E-state index contributed by atoms with van der Waals surface area (Å²) in [6, 6.07) is 1.63. The highest BCUT2D eigenvalue weighted by molar-refractivity contribution is 5.83. The number of nitrogens with zero attached hydrogens (tertiary/aromatic N) is 4. The van der Waals surface area contributed by atoms with Gasteiger partial charge in [0.05, 0.1) is 6.20 Å². The number of anilines is 1. The average molecular weight is 231 g/mol. The highest BCUT2D eigenvalue weighted by atomic mass is 16.2. The van der Waals surface area contributed by atoms with Crippen LogP contribution in [0.2, 0.25) is 0 Å². The van der Waals surface area contributed by atoms with Crippen LogP contribution in [0.15, 0.2) is 24.7 Å². The monoisotopic (exact) mass is 231 g/mol. The van der Waals surface area contributed by atoms with Gasteiger partial charge in [0.1, 0.15) is 11.6 Å². The molecule has 6 heteroatoms. The lowest BCUT2D eigenvalue weighted by molar-refractivity contribution is 0.0797. The van der Waals surface area contributed by atoms with Crippen LogP contribution < -0.4 is 5.73 Å². The van der Waals surface area contributed by atoms with Crippen LogP contribution in [-0.2, 0) is 13.0 Å². The summed E-state index contributed by atoms with van der Waals surface area (Å²) in [5.74, 6) is 1.23. The smallest absolute Gasteiger partial charge is 0.252 e. The lowest BCUT2D eigenvalue weighted by Crippen LogP contribution is -2.30. The Hall–Kier alpha value is -2.11. The van der Waals surface area contributed by atoms with Gasteiger partial charge < -0.3 is 10.3 Å². The number of carbonyl (C=O) groups excluding carboxylic acids is 1. The number of hydrogen-bond donors (Lipinski definition) is 1. The third-order valence-electron chi connectivity index (χ3n) is 3.18. The first-order chi connectivity index (χ1) is 8.25. The molecule has 2 N–H and O–H groups in total. The normalized spacial score (nSPS) is 18.9. The van der Waals surface area contributed by atoms with Crippen molar-refractivity contribution in [2.75, 3.05) is 5.73 Å². The minimum absolute atomic E-state index is 0.0400. The zero-order valence-corrected chi connectivity index (χ0v) is 9.28. The van der Waals surface area contributed by atoms with Crippen LogP contribution in [0.4, 0.5) is 5.82 Å². The maximum absolute atomic E-state index is 12.2. The van der Waals surface area contributed by atoms with Crippen molar-refractivity contribution in [1.29, 1.82) is 0 Å². The van der Waals surface area contributed by atoms with Crippen LogP contribution in [0.3, 0.4) is 0 Å². The third kappa shape index (κ3) is 1.61. The lowest BCUT2D eigenvalue weighted by atomic mass is 9.97. The Morgan fingerprint density at radius 1 is 1.47 bits per heavy atom. The summed E-state index contributed by atoms with van der Waals surface area (Å²) >= 11 is 0. The number of nitrogens with two attached hydrogens (primary N) is 1. The van der Waals surface area contributed by atoms with Crippen LogP contribution in [0, 0.1) is 5.92 Å². The molecule has 0 aromatic carbocycles. The fourth-order valence-corrected chi connectivity index (χ4v) is 2.23. The SMILES string of the molecule is Nc1ccnn1C(=O)C1CCn2ccnc2C1. The summed E-state index contributed by atoms with van der Waals surface area (Å²) in [5.41, 5.74) is 5.68. The van der Waals surface area contributed by atoms with E-state index in [4.69, 9.17) is 5.73 Å². The van der Waals surface area contributed by atoms with Gasteiger partial charge >= 0.3 is 0 Å². The molecule has 1 aliphatic rings. The molecule has 17 heavy (non-hydrogen) atoms. The van der Waals surface area contributed by atoms with E-state index in [1.807, 2.05) is 6.20 Å². The van der Waals surface area contributed by atoms with E-state index in [0.29, 0.717) is 12.2 Å². The third-order valence-corrected chi connectivity index (χ3v) is 3.18. The van der Waals surface area contributed by atoms with E-state index in [1.54, 1.807) is 12.3 Å². The molecule has 2 aromatic heterocycles. The predicted octanol–water partition coefficient (Wildman–Crippen LogP) is 0.565. The minimum Gasteiger partial charge on any atom is -0.383 e.